The number of hydrogen-bond donors (Lipinski definition) is 1. The van der Waals surface area contributed by atoms with Gasteiger partial charge in [-0.3, -0.25) is 4.79 Å². The lowest BCUT2D eigenvalue weighted by Crippen LogP contribution is -2.12. The van der Waals surface area contributed by atoms with Gasteiger partial charge in [-0.25, -0.2) is 9.97 Å². The number of nitrogens with zero attached hydrogens (tertiary/aromatic N) is 2. The molecule has 3 aromatic rings. The standard InChI is InChI=1S/C15H15N3O2S/c1-3-20-15(19)9(2)14-18-12(8-21-14)11-7-17-13-10(11)5-4-6-16-13/h4-9H,3H2,1-2H3,(H,16,17)/t9-/m1/s1. The Hall–Kier alpha value is -2.21. The van der Waals surface area contributed by atoms with Crippen LogP contribution in [0.15, 0.2) is 29.9 Å². The van der Waals surface area contributed by atoms with Crippen molar-refractivity contribution >= 4 is 28.3 Å². The molecule has 0 aromatic carbocycles. The normalized spacial score (nSPS) is 12.5. The Bertz CT molecular complexity index is 778. The van der Waals surface area contributed by atoms with Gasteiger partial charge in [-0.1, -0.05) is 0 Å². The number of aromatic nitrogens is 3. The number of carbonyl (C=O) groups is 1. The highest BCUT2D eigenvalue weighted by Gasteiger charge is 2.21. The van der Waals surface area contributed by atoms with E-state index in [1.807, 2.05) is 30.6 Å². The van der Waals surface area contributed by atoms with Crippen molar-refractivity contribution in [3.63, 3.8) is 0 Å². The number of hydrogen-bond acceptors (Lipinski definition) is 5. The van der Waals surface area contributed by atoms with Crippen LogP contribution in [0.2, 0.25) is 0 Å². The Kier molecular flexibility index (Phi) is 3.70. The summed E-state index contributed by atoms with van der Waals surface area (Å²) in [7, 11) is 0. The number of aromatic amines is 1. The third-order valence-corrected chi connectivity index (χ3v) is 4.29. The first-order valence-corrected chi connectivity index (χ1v) is 7.63. The van der Waals surface area contributed by atoms with Gasteiger partial charge in [0.1, 0.15) is 16.6 Å². The molecule has 0 unspecified atom stereocenters. The molecule has 1 atom stereocenters. The molecule has 0 saturated carbocycles. The smallest absolute Gasteiger partial charge is 0.315 e. The third-order valence-electron chi connectivity index (χ3n) is 3.26. The summed E-state index contributed by atoms with van der Waals surface area (Å²) in [6, 6.07) is 3.90. The van der Waals surface area contributed by atoms with E-state index in [1.165, 1.54) is 11.3 Å². The largest absolute Gasteiger partial charge is 0.465 e. The molecule has 3 heterocycles. The van der Waals surface area contributed by atoms with Crippen molar-refractivity contribution < 1.29 is 9.53 Å². The highest BCUT2D eigenvalue weighted by Crippen LogP contribution is 2.31. The summed E-state index contributed by atoms with van der Waals surface area (Å²) in [4.78, 5) is 23.8. The van der Waals surface area contributed by atoms with Gasteiger partial charge < -0.3 is 9.72 Å². The average Bonchev–Trinajstić information content (AvgIpc) is 3.13. The molecule has 3 aromatic heterocycles. The van der Waals surface area contributed by atoms with Gasteiger partial charge in [0, 0.05) is 28.7 Å². The van der Waals surface area contributed by atoms with Crippen molar-refractivity contribution in [1.29, 1.82) is 0 Å². The van der Waals surface area contributed by atoms with Gasteiger partial charge in [0.2, 0.25) is 0 Å². The van der Waals surface area contributed by atoms with E-state index in [9.17, 15) is 4.79 Å². The molecule has 0 aliphatic rings. The topological polar surface area (TPSA) is 67.9 Å². The molecule has 0 radical (unpaired) electrons. The Morgan fingerprint density at radius 2 is 2.38 bits per heavy atom. The Morgan fingerprint density at radius 1 is 1.52 bits per heavy atom. The zero-order chi connectivity index (χ0) is 14.8. The van der Waals surface area contributed by atoms with Crippen molar-refractivity contribution in [2.45, 2.75) is 19.8 Å². The van der Waals surface area contributed by atoms with Crippen LogP contribution in [0.5, 0.6) is 0 Å². The predicted octanol–water partition coefficient (Wildman–Crippen LogP) is 3.35. The Morgan fingerprint density at radius 3 is 3.19 bits per heavy atom. The van der Waals surface area contributed by atoms with Gasteiger partial charge in [-0.15, -0.1) is 11.3 Å². The molecule has 0 fully saturated rings. The molecule has 0 aliphatic carbocycles. The van der Waals surface area contributed by atoms with Crippen LogP contribution in [0, 0.1) is 0 Å². The number of thiazole rings is 1. The fourth-order valence-corrected chi connectivity index (χ4v) is 3.01. The second-order valence-electron chi connectivity index (χ2n) is 4.65. The molecule has 0 amide bonds. The monoisotopic (exact) mass is 301 g/mol. The lowest BCUT2D eigenvalue weighted by molar-refractivity contribution is -0.144. The summed E-state index contributed by atoms with van der Waals surface area (Å²) in [5, 5.41) is 3.75. The first-order valence-electron chi connectivity index (χ1n) is 6.75. The minimum absolute atomic E-state index is 0.237. The van der Waals surface area contributed by atoms with E-state index in [-0.39, 0.29) is 11.9 Å². The number of pyridine rings is 1. The van der Waals surface area contributed by atoms with Crippen LogP contribution in [-0.2, 0) is 9.53 Å². The van der Waals surface area contributed by atoms with E-state index >= 15 is 0 Å². The Balaban J connectivity index is 1.93. The predicted molar refractivity (Wildman–Crippen MR) is 82.2 cm³/mol. The highest BCUT2D eigenvalue weighted by molar-refractivity contribution is 7.10. The van der Waals surface area contributed by atoms with E-state index in [2.05, 4.69) is 15.0 Å². The zero-order valence-electron chi connectivity index (χ0n) is 11.8. The van der Waals surface area contributed by atoms with Gasteiger partial charge in [-0.05, 0) is 26.0 Å². The van der Waals surface area contributed by atoms with Crippen LogP contribution in [0.25, 0.3) is 22.3 Å². The molecule has 6 heteroatoms. The number of nitrogens with one attached hydrogen (secondary N) is 1. The maximum absolute atomic E-state index is 11.8. The number of esters is 1. The van der Waals surface area contributed by atoms with Gasteiger partial charge in [-0.2, -0.15) is 0 Å². The number of carbonyl (C=O) groups excluding carboxylic acids is 1. The molecule has 0 saturated heterocycles. The molecular formula is C15H15N3O2S. The van der Waals surface area contributed by atoms with Crippen molar-refractivity contribution in [1.82, 2.24) is 15.0 Å². The van der Waals surface area contributed by atoms with Crippen LogP contribution in [-0.4, -0.2) is 27.5 Å². The molecular weight excluding hydrogens is 286 g/mol. The van der Waals surface area contributed by atoms with E-state index < -0.39 is 0 Å². The van der Waals surface area contributed by atoms with Crippen molar-refractivity contribution in [2.24, 2.45) is 0 Å². The van der Waals surface area contributed by atoms with Gasteiger partial charge in [0.25, 0.3) is 0 Å². The van der Waals surface area contributed by atoms with Crippen LogP contribution >= 0.6 is 11.3 Å². The molecule has 108 valence electrons. The molecule has 0 aliphatic heterocycles. The second kappa shape index (κ2) is 5.65. The summed E-state index contributed by atoms with van der Waals surface area (Å²) in [6.07, 6.45) is 3.64. The molecule has 21 heavy (non-hydrogen) atoms. The van der Waals surface area contributed by atoms with E-state index in [0.717, 1.165) is 27.3 Å². The van der Waals surface area contributed by atoms with E-state index in [1.54, 1.807) is 13.1 Å². The first kappa shape index (κ1) is 13.8. The lowest BCUT2D eigenvalue weighted by atomic mass is 10.1. The summed E-state index contributed by atoms with van der Waals surface area (Å²) in [6.45, 7) is 4.00. The maximum atomic E-state index is 11.8. The highest BCUT2D eigenvalue weighted by atomic mass is 32.1. The molecule has 5 nitrogen and oxygen atoms in total. The lowest BCUT2D eigenvalue weighted by Gasteiger charge is -2.06. The average molecular weight is 301 g/mol. The number of fused-ring (bicyclic) bond motifs is 1. The molecule has 3 rings (SSSR count). The van der Waals surface area contributed by atoms with Crippen LogP contribution in [0.4, 0.5) is 0 Å². The van der Waals surface area contributed by atoms with Crippen molar-refractivity contribution in [3.8, 4) is 11.3 Å². The van der Waals surface area contributed by atoms with Crippen LogP contribution in [0.1, 0.15) is 24.8 Å². The van der Waals surface area contributed by atoms with Crippen molar-refractivity contribution in [2.75, 3.05) is 6.61 Å². The van der Waals surface area contributed by atoms with E-state index in [0.29, 0.717) is 6.61 Å². The summed E-state index contributed by atoms with van der Waals surface area (Å²) < 4.78 is 5.04. The third kappa shape index (κ3) is 2.54. The fourth-order valence-electron chi connectivity index (χ4n) is 2.15. The number of rotatable bonds is 4. The first-order chi connectivity index (χ1) is 10.2. The zero-order valence-corrected chi connectivity index (χ0v) is 12.6. The van der Waals surface area contributed by atoms with Gasteiger partial charge >= 0.3 is 5.97 Å². The minimum atomic E-state index is -0.341. The van der Waals surface area contributed by atoms with Crippen LogP contribution in [0.3, 0.4) is 0 Å². The summed E-state index contributed by atoms with van der Waals surface area (Å²) >= 11 is 1.47. The Labute approximate surface area is 126 Å². The van der Waals surface area contributed by atoms with Crippen LogP contribution < -0.4 is 0 Å². The minimum Gasteiger partial charge on any atom is -0.465 e. The van der Waals surface area contributed by atoms with Gasteiger partial charge in [0.15, 0.2) is 0 Å². The number of ether oxygens (including phenoxy) is 1. The molecule has 0 spiro atoms. The summed E-state index contributed by atoms with van der Waals surface area (Å²) in [5.41, 5.74) is 2.68. The second-order valence-corrected chi connectivity index (χ2v) is 5.54. The summed E-state index contributed by atoms with van der Waals surface area (Å²) in [5.74, 6) is -0.578. The fraction of sp³-hybridized carbons (Fsp3) is 0.267. The SMILES string of the molecule is CCOC(=O)[C@H](C)c1nc(-c2c[nH]c3ncccc23)cs1. The van der Waals surface area contributed by atoms with Crippen molar-refractivity contribution in [3.05, 3.63) is 34.9 Å². The maximum Gasteiger partial charge on any atom is 0.315 e. The number of H-pyrrole nitrogens is 1. The van der Waals surface area contributed by atoms with Gasteiger partial charge in [0.05, 0.1) is 12.3 Å². The molecule has 1 N–H and O–H groups in total. The van der Waals surface area contributed by atoms with E-state index in [4.69, 9.17) is 4.74 Å². The quantitative estimate of drug-likeness (QED) is 0.750. The molecule has 0 bridgehead atoms.